The highest BCUT2D eigenvalue weighted by atomic mass is 16.5. The van der Waals surface area contributed by atoms with Gasteiger partial charge in [-0.1, -0.05) is 64.0 Å². The van der Waals surface area contributed by atoms with E-state index in [1.165, 1.54) is 50.5 Å². The standard InChI is InChI=1S/C32H35NO4/c1-3-4-5-6-7-8-9-10-11-25-12-16-27(17-13-25)31(34)37-30-21-18-28(22-24(30)2)32(35)36-29-19-14-26(23-33)15-20-29/h12-22H,3-11H2,1-2H3. The van der Waals surface area contributed by atoms with Crippen LogP contribution in [0.5, 0.6) is 11.5 Å². The Morgan fingerprint density at radius 1 is 0.730 bits per heavy atom. The number of nitrogens with zero attached hydrogens (tertiary/aromatic N) is 1. The Morgan fingerprint density at radius 2 is 1.32 bits per heavy atom. The molecule has 0 aliphatic rings. The summed E-state index contributed by atoms with van der Waals surface area (Å²) in [6, 6.07) is 20.7. The molecule has 0 saturated carbocycles. The van der Waals surface area contributed by atoms with E-state index >= 15 is 0 Å². The number of esters is 2. The van der Waals surface area contributed by atoms with Gasteiger partial charge in [0.25, 0.3) is 0 Å². The van der Waals surface area contributed by atoms with Gasteiger partial charge >= 0.3 is 11.9 Å². The van der Waals surface area contributed by atoms with Crippen LogP contribution in [0.2, 0.25) is 0 Å². The molecule has 0 atom stereocenters. The summed E-state index contributed by atoms with van der Waals surface area (Å²) in [4.78, 5) is 25.1. The van der Waals surface area contributed by atoms with Crippen LogP contribution in [-0.2, 0) is 6.42 Å². The molecule has 0 unspecified atom stereocenters. The second kappa shape index (κ2) is 14.6. The first-order valence-electron chi connectivity index (χ1n) is 13.1. The molecule has 3 aromatic carbocycles. The summed E-state index contributed by atoms with van der Waals surface area (Å²) in [5.41, 5.74) is 3.19. The van der Waals surface area contributed by atoms with Crippen molar-refractivity contribution in [3.63, 3.8) is 0 Å². The lowest BCUT2D eigenvalue weighted by Gasteiger charge is -2.10. The third-order valence-electron chi connectivity index (χ3n) is 6.32. The van der Waals surface area contributed by atoms with Crippen LogP contribution >= 0.6 is 0 Å². The molecule has 0 bridgehead atoms. The molecule has 5 nitrogen and oxygen atoms in total. The van der Waals surface area contributed by atoms with Crippen molar-refractivity contribution in [2.75, 3.05) is 0 Å². The number of ether oxygens (including phenoxy) is 2. The molecular weight excluding hydrogens is 462 g/mol. The number of rotatable bonds is 13. The van der Waals surface area contributed by atoms with Gasteiger partial charge in [-0.2, -0.15) is 5.26 Å². The summed E-state index contributed by atoms with van der Waals surface area (Å²) < 4.78 is 10.9. The van der Waals surface area contributed by atoms with Crippen molar-refractivity contribution < 1.29 is 19.1 Å². The Kier molecular flexibility index (Phi) is 10.9. The number of aryl methyl sites for hydroxylation is 2. The monoisotopic (exact) mass is 497 g/mol. The van der Waals surface area contributed by atoms with E-state index in [2.05, 4.69) is 6.92 Å². The van der Waals surface area contributed by atoms with Gasteiger partial charge in [-0.3, -0.25) is 0 Å². The lowest BCUT2D eigenvalue weighted by atomic mass is 10.0. The van der Waals surface area contributed by atoms with Crippen molar-refractivity contribution in [1.29, 1.82) is 5.26 Å². The maximum Gasteiger partial charge on any atom is 0.343 e. The van der Waals surface area contributed by atoms with E-state index in [-0.39, 0.29) is 0 Å². The van der Waals surface area contributed by atoms with Gasteiger partial charge in [0.15, 0.2) is 0 Å². The van der Waals surface area contributed by atoms with E-state index < -0.39 is 11.9 Å². The topological polar surface area (TPSA) is 76.4 Å². The molecule has 0 aliphatic carbocycles. The summed E-state index contributed by atoms with van der Waals surface area (Å²) >= 11 is 0. The molecule has 192 valence electrons. The van der Waals surface area contributed by atoms with Gasteiger partial charge in [0.05, 0.1) is 22.8 Å². The van der Waals surface area contributed by atoms with Crippen molar-refractivity contribution in [1.82, 2.24) is 0 Å². The highest BCUT2D eigenvalue weighted by molar-refractivity contribution is 5.93. The van der Waals surface area contributed by atoms with Gasteiger partial charge in [-0.15, -0.1) is 0 Å². The van der Waals surface area contributed by atoms with Gasteiger partial charge in [-0.05, 0) is 85.5 Å². The zero-order valence-electron chi connectivity index (χ0n) is 21.8. The van der Waals surface area contributed by atoms with E-state index in [0.717, 1.165) is 12.8 Å². The van der Waals surface area contributed by atoms with E-state index in [1.807, 2.05) is 18.2 Å². The zero-order chi connectivity index (χ0) is 26.5. The van der Waals surface area contributed by atoms with Crippen molar-refractivity contribution in [3.05, 3.63) is 94.5 Å². The van der Waals surface area contributed by atoms with Crippen LogP contribution in [0.25, 0.3) is 0 Å². The predicted octanol–water partition coefficient (Wildman–Crippen LogP) is 7.99. The van der Waals surface area contributed by atoms with Crippen molar-refractivity contribution in [3.8, 4) is 17.6 Å². The summed E-state index contributed by atoms with van der Waals surface area (Å²) in [6.45, 7) is 4.01. The number of carbonyl (C=O) groups excluding carboxylic acids is 2. The van der Waals surface area contributed by atoms with E-state index in [0.29, 0.717) is 33.8 Å². The molecule has 37 heavy (non-hydrogen) atoms. The fourth-order valence-corrected chi connectivity index (χ4v) is 4.08. The Hall–Kier alpha value is -3.91. The molecule has 0 spiro atoms. The first-order valence-corrected chi connectivity index (χ1v) is 13.1. The highest BCUT2D eigenvalue weighted by Crippen LogP contribution is 2.22. The van der Waals surface area contributed by atoms with E-state index in [4.69, 9.17) is 14.7 Å². The van der Waals surface area contributed by atoms with Crippen molar-refractivity contribution in [2.24, 2.45) is 0 Å². The molecule has 0 fully saturated rings. The first kappa shape index (κ1) is 27.7. The molecule has 0 amide bonds. The largest absolute Gasteiger partial charge is 0.423 e. The van der Waals surface area contributed by atoms with Gasteiger partial charge in [0.2, 0.25) is 0 Å². The SMILES string of the molecule is CCCCCCCCCCc1ccc(C(=O)Oc2ccc(C(=O)Oc3ccc(C#N)cc3)cc2C)cc1. The maximum absolute atomic E-state index is 12.7. The first-order chi connectivity index (χ1) is 18.0. The molecule has 0 saturated heterocycles. The maximum atomic E-state index is 12.7. The highest BCUT2D eigenvalue weighted by Gasteiger charge is 2.14. The quantitative estimate of drug-likeness (QED) is 0.136. The van der Waals surface area contributed by atoms with Gasteiger partial charge in [-0.25, -0.2) is 9.59 Å². The fourth-order valence-electron chi connectivity index (χ4n) is 4.08. The average Bonchev–Trinajstić information content (AvgIpc) is 2.92. The Morgan fingerprint density at radius 3 is 1.95 bits per heavy atom. The molecular formula is C32H35NO4. The lowest BCUT2D eigenvalue weighted by molar-refractivity contribution is 0.0730. The van der Waals surface area contributed by atoms with Crippen LogP contribution in [0.15, 0.2) is 66.7 Å². The van der Waals surface area contributed by atoms with Gasteiger partial charge in [0, 0.05) is 0 Å². The molecule has 0 N–H and O–H groups in total. The summed E-state index contributed by atoms with van der Waals surface area (Å²) in [7, 11) is 0. The molecule has 0 heterocycles. The molecule has 0 aliphatic heterocycles. The average molecular weight is 498 g/mol. The number of unbranched alkanes of at least 4 members (excludes halogenated alkanes) is 7. The minimum absolute atomic E-state index is 0.340. The number of benzene rings is 3. The Bertz CT molecular complexity index is 1210. The van der Waals surface area contributed by atoms with Crippen molar-refractivity contribution in [2.45, 2.75) is 71.6 Å². The molecule has 5 heteroatoms. The summed E-state index contributed by atoms with van der Waals surface area (Å²) in [5.74, 6) is -0.224. The second-order valence-electron chi connectivity index (χ2n) is 9.32. The van der Waals surface area contributed by atoms with Crippen LogP contribution in [-0.4, -0.2) is 11.9 Å². The Balaban J connectivity index is 1.47. The zero-order valence-corrected chi connectivity index (χ0v) is 21.8. The minimum atomic E-state index is -0.530. The van der Waals surface area contributed by atoms with Gasteiger partial charge < -0.3 is 9.47 Å². The number of nitriles is 1. The van der Waals surface area contributed by atoms with Crippen molar-refractivity contribution >= 4 is 11.9 Å². The summed E-state index contributed by atoms with van der Waals surface area (Å²) in [6.07, 6.45) is 11.4. The fraction of sp³-hybridized carbons (Fsp3) is 0.344. The number of hydrogen-bond donors (Lipinski definition) is 0. The Labute approximate surface area is 220 Å². The van der Waals surface area contributed by atoms with E-state index in [1.54, 1.807) is 61.5 Å². The molecule has 3 rings (SSSR count). The number of carbonyl (C=O) groups is 2. The van der Waals surface area contributed by atoms with E-state index in [9.17, 15) is 9.59 Å². The molecule has 0 aromatic heterocycles. The molecule has 3 aromatic rings. The lowest BCUT2D eigenvalue weighted by Crippen LogP contribution is -2.11. The van der Waals surface area contributed by atoms with Crippen LogP contribution in [0.1, 0.15) is 95.7 Å². The summed E-state index contributed by atoms with van der Waals surface area (Å²) in [5, 5.41) is 8.87. The smallest absolute Gasteiger partial charge is 0.343 e. The van der Waals surface area contributed by atoms with Crippen LogP contribution in [0.4, 0.5) is 0 Å². The normalized spacial score (nSPS) is 10.5. The minimum Gasteiger partial charge on any atom is -0.423 e. The third kappa shape index (κ3) is 8.91. The third-order valence-corrected chi connectivity index (χ3v) is 6.32. The van der Waals surface area contributed by atoms with Crippen LogP contribution in [0, 0.1) is 18.3 Å². The molecule has 0 radical (unpaired) electrons. The number of hydrogen-bond acceptors (Lipinski definition) is 5. The van der Waals surface area contributed by atoms with Crippen LogP contribution in [0.3, 0.4) is 0 Å². The predicted molar refractivity (Wildman–Crippen MR) is 145 cm³/mol. The van der Waals surface area contributed by atoms with Gasteiger partial charge in [0.1, 0.15) is 11.5 Å². The second-order valence-corrected chi connectivity index (χ2v) is 9.32. The van der Waals surface area contributed by atoms with Crippen LogP contribution < -0.4 is 9.47 Å².